The monoisotopic (exact) mass is 857 g/mol. The third-order valence-electron chi connectivity index (χ3n) is 19.4. The number of aromatic nitrogens is 1. The van der Waals surface area contributed by atoms with E-state index in [2.05, 4.69) is 88.8 Å². The van der Waals surface area contributed by atoms with Gasteiger partial charge in [-0.15, -0.1) is 0 Å². The number of nitrogens with zero attached hydrogens (tertiary/aromatic N) is 3. The van der Waals surface area contributed by atoms with Crippen molar-refractivity contribution < 1.29 is 22.7 Å². The minimum Gasteiger partial charge on any atom is -0.476 e. The van der Waals surface area contributed by atoms with Crippen molar-refractivity contribution in [1.82, 2.24) is 15.2 Å². The minimum atomic E-state index is -2.88. The first kappa shape index (κ1) is 44.9. The Kier molecular flexibility index (Phi) is 11.6. The molecule has 10 heteroatoms. The van der Waals surface area contributed by atoms with Gasteiger partial charge < -0.3 is 19.7 Å². The summed E-state index contributed by atoms with van der Waals surface area (Å²) in [6, 6.07) is 7.21. The molecule has 1 saturated heterocycles. The predicted molar refractivity (Wildman–Crippen MR) is 241 cm³/mol. The standard InChI is InChI=1S/C51H76N4O5S/c1-45(2,3)38-18-24-51(53-27-28-55-29-31-61(57,58)32-30-55)26-25-48(7)39(43(38)51)13-14-41-47(6)20-17-37(46(4,5)40(47)19-21-49(41,48)8)35-15-22-50(23-16-35,44(56)59-9)34-60-42-12-10-11-36(33-52)54-42/h10-12,15,17,38-41,43,53H,13-14,16,18-32,34H2,1-9H3/t38-,39-,40+,41-,43-,47+,48-,49-,50?,51+/m1/s1. The Morgan fingerprint density at radius 2 is 1.69 bits per heavy atom. The molecule has 9 nitrogen and oxygen atoms in total. The van der Waals surface area contributed by atoms with E-state index in [-0.39, 0.29) is 45.2 Å². The summed E-state index contributed by atoms with van der Waals surface area (Å²) in [6.07, 6.45) is 18.3. The molecule has 7 aliphatic rings. The molecule has 0 aromatic carbocycles. The van der Waals surface area contributed by atoms with Gasteiger partial charge in [0.05, 0.1) is 18.6 Å². The maximum atomic E-state index is 13.4. The molecule has 0 amide bonds. The van der Waals surface area contributed by atoms with Crippen LogP contribution >= 0.6 is 0 Å². The van der Waals surface area contributed by atoms with E-state index in [1.165, 1.54) is 69.6 Å². The summed E-state index contributed by atoms with van der Waals surface area (Å²) in [6.45, 7) is 24.1. The van der Waals surface area contributed by atoms with Gasteiger partial charge in [0, 0.05) is 37.8 Å². The molecule has 0 bridgehead atoms. The quantitative estimate of drug-likeness (QED) is 0.242. The number of nitriles is 1. The van der Waals surface area contributed by atoms with Crippen LogP contribution in [-0.2, 0) is 19.4 Å². The smallest absolute Gasteiger partial charge is 0.315 e. The second-order valence-electron chi connectivity index (χ2n) is 23.3. The lowest BCUT2D eigenvalue weighted by Crippen LogP contribution is -2.68. The van der Waals surface area contributed by atoms with E-state index < -0.39 is 15.3 Å². The van der Waals surface area contributed by atoms with Gasteiger partial charge in [-0.05, 0) is 151 Å². The fourth-order valence-corrected chi connectivity index (χ4v) is 17.2. The third-order valence-corrected chi connectivity index (χ3v) is 21.0. The van der Waals surface area contributed by atoms with Crippen molar-refractivity contribution in [3.8, 4) is 11.9 Å². The average Bonchev–Trinajstić information content (AvgIpc) is 3.61. The van der Waals surface area contributed by atoms with E-state index >= 15 is 0 Å². The summed E-state index contributed by atoms with van der Waals surface area (Å²) < 4.78 is 35.7. The molecule has 4 saturated carbocycles. The first-order valence-corrected chi connectivity index (χ1v) is 25.7. The zero-order valence-corrected chi connectivity index (χ0v) is 39.8. The van der Waals surface area contributed by atoms with E-state index in [0.717, 1.165) is 25.9 Å². The summed E-state index contributed by atoms with van der Waals surface area (Å²) in [5, 5.41) is 13.6. The second-order valence-corrected chi connectivity index (χ2v) is 25.6. The molecular weight excluding hydrogens is 781 g/mol. The van der Waals surface area contributed by atoms with Gasteiger partial charge in [0.1, 0.15) is 23.8 Å². The molecule has 0 radical (unpaired) electrons. The summed E-state index contributed by atoms with van der Waals surface area (Å²) in [4.78, 5) is 20.0. The van der Waals surface area contributed by atoms with Crippen molar-refractivity contribution in [2.24, 2.45) is 62.1 Å². The predicted octanol–water partition coefficient (Wildman–Crippen LogP) is 9.34. The first-order chi connectivity index (χ1) is 28.7. The van der Waals surface area contributed by atoms with Gasteiger partial charge >= 0.3 is 5.97 Å². The normalized spacial score (nSPS) is 40.5. The van der Waals surface area contributed by atoms with Crippen LogP contribution in [0.5, 0.6) is 5.88 Å². The summed E-state index contributed by atoms with van der Waals surface area (Å²) in [5.41, 5.74) is 3.56. The summed E-state index contributed by atoms with van der Waals surface area (Å²) in [5.74, 6) is 3.99. The van der Waals surface area contributed by atoms with Crippen molar-refractivity contribution in [2.45, 2.75) is 138 Å². The van der Waals surface area contributed by atoms with Crippen LogP contribution in [0.2, 0.25) is 0 Å². The molecule has 2 heterocycles. The molecule has 336 valence electrons. The van der Waals surface area contributed by atoms with E-state index in [9.17, 15) is 18.5 Å². The topological polar surface area (TPSA) is 122 Å². The highest BCUT2D eigenvalue weighted by Crippen LogP contribution is 2.77. The van der Waals surface area contributed by atoms with Gasteiger partial charge in [-0.25, -0.2) is 13.4 Å². The van der Waals surface area contributed by atoms with Crippen molar-refractivity contribution in [3.05, 3.63) is 47.2 Å². The lowest BCUT2D eigenvalue weighted by molar-refractivity contribution is -0.224. The number of esters is 1. The van der Waals surface area contributed by atoms with Gasteiger partial charge in [0.2, 0.25) is 5.88 Å². The molecule has 10 atom stereocenters. The number of hydrogen-bond acceptors (Lipinski definition) is 9. The number of rotatable bonds is 9. The number of nitrogens with one attached hydrogen (secondary N) is 1. The van der Waals surface area contributed by atoms with E-state index in [0.29, 0.717) is 78.6 Å². The Morgan fingerprint density at radius 1 is 0.934 bits per heavy atom. The number of hydrogen-bond donors (Lipinski definition) is 1. The molecular formula is C51H76N4O5S. The van der Waals surface area contributed by atoms with Crippen LogP contribution in [0, 0.1) is 73.4 Å². The highest BCUT2D eigenvalue weighted by Gasteiger charge is 2.71. The largest absolute Gasteiger partial charge is 0.476 e. The molecule has 1 aromatic heterocycles. The van der Waals surface area contributed by atoms with Crippen molar-refractivity contribution in [1.29, 1.82) is 5.26 Å². The van der Waals surface area contributed by atoms with Gasteiger partial charge in [-0.2, -0.15) is 5.26 Å². The van der Waals surface area contributed by atoms with Crippen LogP contribution in [0.3, 0.4) is 0 Å². The average molecular weight is 857 g/mol. The summed E-state index contributed by atoms with van der Waals surface area (Å²) >= 11 is 0. The molecule has 8 rings (SSSR count). The van der Waals surface area contributed by atoms with Gasteiger partial charge in [0.15, 0.2) is 9.84 Å². The van der Waals surface area contributed by atoms with Crippen LogP contribution in [-0.4, -0.2) is 81.2 Å². The highest BCUT2D eigenvalue weighted by atomic mass is 32.2. The zero-order chi connectivity index (χ0) is 43.9. The van der Waals surface area contributed by atoms with Crippen LogP contribution < -0.4 is 10.1 Å². The number of pyridine rings is 1. The van der Waals surface area contributed by atoms with E-state index in [4.69, 9.17) is 9.47 Å². The highest BCUT2D eigenvalue weighted by molar-refractivity contribution is 7.91. The van der Waals surface area contributed by atoms with Gasteiger partial charge in [-0.3, -0.25) is 4.79 Å². The fourth-order valence-electron chi connectivity index (χ4n) is 16.0. The van der Waals surface area contributed by atoms with Gasteiger partial charge in [-0.1, -0.05) is 73.6 Å². The SMILES string of the molecule is COC(=O)C1(COc2cccc(C#N)n2)CC=C(C2=CC[C@]3(C)[C@H]4CC[C@@H]5[C@H]6[C@H](C(C)(C)C)CC[C@]6(NCCN6CCS(=O)(=O)CC6)CC[C@@]5(C)[C@]4(C)CC[C@H]3C2(C)C)CC1. The van der Waals surface area contributed by atoms with Crippen LogP contribution in [0.1, 0.15) is 138 Å². The summed E-state index contributed by atoms with van der Waals surface area (Å²) in [7, 11) is -1.41. The van der Waals surface area contributed by atoms with Crippen molar-refractivity contribution in [3.63, 3.8) is 0 Å². The number of methoxy groups -OCH3 is 1. The lowest BCUT2D eigenvalue weighted by Gasteiger charge is -2.72. The number of carbonyl (C=O) groups is 1. The molecule has 1 aromatic rings. The molecule has 0 spiro atoms. The number of ether oxygens (including phenoxy) is 2. The Morgan fingerprint density at radius 3 is 2.36 bits per heavy atom. The molecule has 1 N–H and O–H groups in total. The van der Waals surface area contributed by atoms with Crippen LogP contribution in [0.25, 0.3) is 0 Å². The van der Waals surface area contributed by atoms with Crippen molar-refractivity contribution >= 4 is 15.8 Å². The Balaban J connectivity index is 1.02. The number of fused-ring (bicyclic) bond motifs is 7. The Labute approximate surface area is 368 Å². The first-order valence-electron chi connectivity index (χ1n) is 23.8. The van der Waals surface area contributed by atoms with E-state index in [1.54, 1.807) is 18.2 Å². The second kappa shape index (κ2) is 15.8. The third kappa shape index (κ3) is 7.44. The molecule has 6 aliphatic carbocycles. The maximum Gasteiger partial charge on any atom is 0.315 e. The Bertz CT molecular complexity index is 2070. The van der Waals surface area contributed by atoms with Gasteiger partial charge in [0.25, 0.3) is 0 Å². The number of carbonyl (C=O) groups excluding carboxylic acids is 1. The van der Waals surface area contributed by atoms with Crippen LogP contribution in [0.4, 0.5) is 0 Å². The van der Waals surface area contributed by atoms with Crippen molar-refractivity contribution in [2.75, 3.05) is 51.4 Å². The van der Waals surface area contributed by atoms with E-state index in [1.807, 2.05) is 0 Å². The minimum absolute atomic E-state index is 0.00823. The molecule has 5 fully saturated rings. The lowest BCUT2D eigenvalue weighted by atomic mass is 9.32. The Hall–Kier alpha value is -2.74. The molecule has 1 unspecified atom stereocenters. The fraction of sp³-hybridized carbons (Fsp3) is 0.784. The van der Waals surface area contributed by atoms with Crippen LogP contribution in [0.15, 0.2) is 41.5 Å². The number of sulfone groups is 1. The zero-order valence-electron chi connectivity index (χ0n) is 39.0. The molecule has 1 aliphatic heterocycles. The molecule has 61 heavy (non-hydrogen) atoms. The maximum absolute atomic E-state index is 13.4. The number of allylic oxidation sites excluding steroid dienone is 4.